The Balaban J connectivity index is 1.46. The van der Waals surface area contributed by atoms with E-state index in [-0.39, 0.29) is 5.41 Å². The van der Waals surface area contributed by atoms with Gasteiger partial charge in [-0.25, -0.2) is 15.0 Å². The molecule has 3 aliphatic rings. The van der Waals surface area contributed by atoms with E-state index in [0.717, 1.165) is 5.65 Å². The van der Waals surface area contributed by atoms with E-state index in [4.69, 9.17) is 14.2 Å². The maximum Gasteiger partial charge on any atom is 0.353 e. The SMILES string of the molecule is CC12COC(C#Cc3ncnc4c3ncn4Cc3ccccc3)(OC1)OC2. The molecule has 0 radical (unpaired) electrons. The topological polar surface area (TPSA) is 71.3 Å². The molecule has 0 amide bonds. The molecule has 6 rings (SSSR count). The Hall–Kier alpha value is -2.79. The van der Waals surface area contributed by atoms with E-state index in [1.807, 2.05) is 22.8 Å². The maximum absolute atomic E-state index is 5.70. The van der Waals surface area contributed by atoms with Crippen molar-refractivity contribution in [3.05, 3.63) is 54.2 Å². The number of fused-ring (bicyclic) bond motifs is 4. The number of ether oxygens (including phenoxy) is 3. The summed E-state index contributed by atoms with van der Waals surface area (Å²) in [4.78, 5) is 13.1. The van der Waals surface area contributed by atoms with Crippen molar-refractivity contribution in [2.24, 2.45) is 5.41 Å². The van der Waals surface area contributed by atoms with Crippen molar-refractivity contribution in [1.29, 1.82) is 0 Å². The first-order valence-electron chi connectivity index (χ1n) is 8.80. The molecule has 0 saturated carbocycles. The summed E-state index contributed by atoms with van der Waals surface area (Å²) in [6.07, 6.45) is 3.25. The van der Waals surface area contributed by atoms with Gasteiger partial charge in [-0.05, 0) is 11.5 Å². The predicted octanol–water partition coefficient (Wildman–Crippen LogP) is 1.96. The smallest absolute Gasteiger partial charge is 0.316 e. The molecule has 3 aromatic rings. The van der Waals surface area contributed by atoms with Crippen LogP contribution in [0.3, 0.4) is 0 Å². The highest BCUT2D eigenvalue weighted by molar-refractivity contribution is 5.76. The second kappa shape index (κ2) is 6.13. The minimum absolute atomic E-state index is 0.0954. The number of hydrogen-bond acceptors (Lipinski definition) is 6. The maximum atomic E-state index is 5.70. The zero-order chi connectivity index (χ0) is 18.3. The average molecular weight is 362 g/mol. The highest BCUT2D eigenvalue weighted by atomic mass is 16.9. The zero-order valence-electron chi connectivity index (χ0n) is 14.9. The van der Waals surface area contributed by atoms with E-state index in [9.17, 15) is 0 Å². The molecule has 0 atom stereocenters. The zero-order valence-corrected chi connectivity index (χ0v) is 14.9. The lowest BCUT2D eigenvalue weighted by Gasteiger charge is -2.47. The Bertz CT molecular complexity index is 1030. The standard InChI is InChI=1S/C20H18N4O3/c1-19-10-25-20(26-11-19,27-12-19)8-7-16-17-18(22-13-21-16)24(14-23-17)9-15-5-3-2-4-6-15/h2-6,13-14H,9-12H2,1H3. The van der Waals surface area contributed by atoms with Gasteiger partial charge in [0.05, 0.1) is 32.7 Å². The van der Waals surface area contributed by atoms with Crippen molar-refractivity contribution in [2.45, 2.75) is 19.4 Å². The molecule has 0 unspecified atom stereocenters. The summed E-state index contributed by atoms with van der Waals surface area (Å²) < 4.78 is 19.1. The third kappa shape index (κ3) is 2.98. The lowest BCUT2D eigenvalue weighted by Crippen LogP contribution is -2.58. The van der Waals surface area contributed by atoms with Crippen molar-refractivity contribution in [3.63, 3.8) is 0 Å². The molecule has 3 saturated heterocycles. The van der Waals surface area contributed by atoms with Crippen LogP contribution in [0.15, 0.2) is 43.0 Å². The molecular weight excluding hydrogens is 344 g/mol. The van der Waals surface area contributed by atoms with E-state index >= 15 is 0 Å². The van der Waals surface area contributed by atoms with Crippen molar-refractivity contribution < 1.29 is 14.2 Å². The van der Waals surface area contributed by atoms with Crippen LogP contribution in [0.25, 0.3) is 11.2 Å². The van der Waals surface area contributed by atoms with Crippen LogP contribution in [0.4, 0.5) is 0 Å². The second-order valence-corrected chi connectivity index (χ2v) is 7.24. The fourth-order valence-corrected chi connectivity index (χ4v) is 3.17. The number of nitrogens with zero attached hydrogens (tertiary/aromatic N) is 4. The Morgan fingerprint density at radius 3 is 2.52 bits per heavy atom. The molecule has 2 aromatic heterocycles. The van der Waals surface area contributed by atoms with E-state index in [0.29, 0.717) is 37.6 Å². The molecule has 1 aromatic carbocycles. The number of benzene rings is 1. The molecule has 7 nitrogen and oxygen atoms in total. The van der Waals surface area contributed by atoms with Crippen LogP contribution >= 0.6 is 0 Å². The Kier molecular flexibility index (Phi) is 3.72. The minimum atomic E-state index is -1.30. The van der Waals surface area contributed by atoms with Crippen molar-refractivity contribution in [1.82, 2.24) is 19.5 Å². The average Bonchev–Trinajstić information content (AvgIpc) is 3.12. The molecule has 136 valence electrons. The second-order valence-electron chi connectivity index (χ2n) is 7.24. The molecule has 7 heteroatoms. The van der Waals surface area contributed by atoms with E-state index < -0.39 is 5.97 Å². The lowest BCUT2D eigenvalue weighted by atomic mass is 9.92. The van der Waals surface area contributed by atoms with Gasteiger partial charge >= 0.3 is 5.97 Å². The largest absolute Gasteiger partial charge is 0.353 e. The van der Waals surface area contributed by atoms with E-state index in [1.165, 1.54) is 11.9 Å². The number of imidazole rings is 1. The molecular formula is C20H18N4O3. The van der Waals surface area contributed by atoms with Crippen molar-refractivity contribution in [3.8, 4) is 11.8 Å². The lowest BCUT2D eigenvalue weighted by molar-refractivity contribution is -0.436. The Morgan fingerprint density at radius 1 is 1.04 bits per heavy atom. The summed E-state index contributed by atoms with van der Waals surface area (Å²) in [6, 6.07) is 10.2. The van der Waals surface area contributed by atoms with Gasteiger partial charge < -0.3 is 18.8 Å². The van der Waals surface area contributed by atoms with Crippen LogP contribution in [0, 0.1) is 17.3 Å². The highest BCUT2D eigenvalue weighted by Crippen LogP contribution is 2.37. The fourth-order valence-electron chi connectivity index (χ4n) is 3.17. The Labute approximate surface area is 156 Å². The minimum Gasteiger partial charge on any atom is -0.316 e. The van der Waals surface area contributed by atoms with Crippen LogP contribution in [0.1, 0.15) is 18.2 Å². The molecule has 5 heterocycles. The van der Waals surface area contributed by atoms with Gasteiger partial charge in [-0.15, -0.1) is 0 Å². The van der Waals surface area contributed by atoms with Gasteiger partial charge in [-0.3, -0.25) is 0 Å². The van der Waals surface area contributed by atoms with Gasteiger partial charge in [0, 0.05) is 11.3 Å². The van der Waals surface area contributed by atoms with Gasteiger partial charge in [0.2, 0.25) is 0 Å². The van der Waals surface area contributed by atoms with Gasteiger partial charge in [-0.1, -0.05) is 37.3 Å². The van der Waals surface area contributed by atoms with Crippen molar-refractivity contribution >= 4 is 11.2 Å². The third-order valence-electron chi connectivity index (χ3n) is 4.76. The summed E-state index contributed by atoms with van der Waals surface area (Å²) in [5, 5.41) is 0. The van der Waals surface area contributed by atoms with Crippen LogP contribution in [0.2, 0.25) is 0 Å². The van der Waals surface area contributed by atoms with Gasteiger partial charge in [0.25, 0.3) is 0 Å². The molecule has 0 N–H and O–H groups in total. The first-order valence-corrected chi connectivity index (χ1v) is 8.80. The normalized spacial score (nSPS) is 26.7. The molecule has 3 fully saturated rings. The van der Waals surface area contributed by atoms with E-state index in [1.54, 1.807) is 6.33 Å². The summed E-state index contributed by atoms with van der Waals surface area (Å²) in [6.45, 7) is 4.43. The highest BCUT2D eigenvalue weighted by Gasteiger charge is 2.49. The molecule has 27 heavy (non-hydrogen) atoms. The van der Waals surface area contributed by atoms with Gasteiger partial charge in [0.15, 0.2) is 5.65 Å². The monoisotopic (exact) mass is 362 g/mol. The van der Waals surface area contributed by atoms with E-state index in [2.05, 4.69) is 45.8 Å². The summed E-state index contributed by atoms with van der Waals surface area (Å²) >= 11 is 0. The number of hydrogen-bond donors (Lipinski definition) is 0. The van der Waals surface area contributed by atoms with Gasteiger partial charge in [0.1, 0.15) is 17.5 Å². The molecule has 3 aliphatic heterocycles. The van der Waals surface area contributed by atoms with Crippen LogP contribution < -0.4 is 0 Å². The number of rotatable bonds is 2. The summed E-state index contributed by atoms with van der Waals surface area (Å²) in [5.74, 6) is 4.66. The first-order chi connectivity index (χ1) is 13.1. The molecule has 0 spiro atoms. The summed E-state index contributed by atoms with van der Waals surface area (Å²) in [5.41, 5.74) is 2.98. The predicted molar refractivity (Wildman–Crippen MR) is 96.4 cm³/mol. The van der Waals surface area contributed by atoms with Crippen LogP contribution in [0.5, 0.6) is 0 Å². The summed E-state index contributed by atoms with van der Waals surface area (Å²) in [7, 11) is 0. The van der Waals surface area contributed by atoms with Crippen LogP contribution in [-0.4, -0.2) is 45.3 Å². The first kappa shape index (κ1) is 16.4. The Morgan fingerprint density at radius 2 is 1.78 bits per heavy atom. The quantitative estimate of drug-likeness (QED) is 0.649. The number of aromatic nitrogens is 4. The van der Waals surface area contributed by atoms with Crippen molar-refractivity contribution in [2.75, 3.05) is 19.8 Å². The third-order valence-corrected chi connectivity index (χ3v) is 4.76. The fraction of sp³-hybridized carbons (Fsp3) is 0.350. The molecule has 0 aliphatic carbocycles. The van der Waals surface area contributed by atoms with Gasteiger partial charge in [-0.2, -0.15) is 0 Å². The van der Waals surface area contributed by atoms with Crippen LogP contribution in [-0.2, 0) is 20.8 Å². The molecule has 2 bridgehead atoms.